The highest BCUT2D eigenvalue weighted by molar-refractivity contribution is 7.92. The minimum atomic E-state index is -3.02. The van der Waals surface area contributed by atoms with Gasteiger partial charge in [-0.2, -0.15) is 0 Å². The van der Waals surface area contributed by atoms with E-state index in [1.54, 1.807) is 14.2 Å². The number of piperazine rings is 1. The van der Waals surface area contributed by atoms with Crippen molar-refractivity contribution < 1.29 is 17.9 Å². The lowest BCUT2D eigenvalue weighted by molar-refractivity contribution is 0.278. The molecule has 1 saturated carbocycles. The third-order valence-electron chi connectivity index (χ3n) is 8.51. The molecule has 0 aromatic heterocycles. The van der Waals surface area contributed by atoms with Gasteiger partial charge in [0, 0.05) is 43.6 Å². The van der Waals surface area contributed by atoms with E-state index in [9.17, 15) is 8.42 Å². The van der Waals surface area contributed by atoms with E-state index in [0.717, 1.165) is 69.8 Å². The number of nitrogens with zero attached hydrogens (tertiary/aromatic N) is 2. The minimum Gasteiger partial charge on any atom is -0.493 e. The number of methoxy groups -OCH3 is 2. The fraction of sp³-hybridized carbons (Fsp3) is 0.613. The lowest BCUT2D eigenvalue weighted by atomic mass is 9.80. The van der Waals surface area contributed by atoms with Gasteiger partial charge in [-0.15, -0.1) is 0 Å². The highest BCUT2D eigenvalue weighted by Crippen LogP contribution is 2.35. The van der Waals surface area contributed by atoms with E-state index in [2.05, 4.69) is 46.2 Å². The zero-order chi connectivity index (χ0) is 27.3. The summed E-state index contributed by atoms with van der Waals surface area (Å²) in [6.45, 7) is 9.37. The van der Waals surface area contributed by atoms with Crippen LogP contribution in [0.4, 0.5) is 11.4 Å². The van der Waals surface area contributed by atoms with Gasteiger partial charge in [0.05, 0.1) is 24.7 Å². The zero-order valence-corrected chi connectivity index (χ0v) is 24.7. The van der Waals surface area contributed by atoms with Gasteiger partial charge in [0.15, 0.2) is 21.3 Å². The molecular weight excluding hydrogens is 496 g/mol. The summed E-state index contributed by atoms with van der Waals surface area (Å²) in [6, 6.07) is 15.3. The number of sulfone groups is 1. The third-order valence-corrected chi connectivity index (χ3v) is 11.3. The van der Waals surface area contributed by atoms with Crippen molar-refractivity contribution in [1.82, 2.24) is 0 Å². The van der Waals surface area contributed by atoms with Gasteiger partial charge in [-0.3, -0.25) is 0 Å². The van der Waals surface area contributed by atoms with Crippen molar-refractivity contribution in [3.05, 3.63) is 48.0 Å². The highest BCUT2D eigenvalue weighted by Gasteiger charge is 2.33. The Morgan fingerprint density at radius 2 is 1.29 bits per heavy atom. The maximum atomic E-state index is 12.6. The average molecular weight is 543 g/mol. The molecule has 38 heavy (non-hydrogen) atoms. The fourth-order valence-corrected chi connectivity index (χ4v) is 7.19. The molecule has 0 spiro atoms. The first-order valence-electron chi connectivity index (χ1n) is 14.1. The lowest BCUT2D eigenvalue weighted by Crippen LogP contribution is -2.46. The predicted octanol–water partition coefficient (Wildman–Crippen LogP) is 5.98. The largest absolute Gasteiger partial charge is 0.493 e. The second kappa shape index (κ2) is 12.2. The Labute approximate surface area is 230 Å². The summed E-state index contributed by atoms with van der Waals surface area (Å²) in [7, 11) is 0.320. The van der Waals surface area contributed by atoms with Crippen LogP contribution in [0, 0.1) is 11.8 Å². The van der Waals surface area contributed by atoms with Gasteiger partial charge in [-0.1, -0.05) is 25.0 Å². The van der Waals surface area contributed by atoms with Gasteiger partial charge in [-0.05, 0) is 88.1 Å². The molecule has 4 rings (SSSR count). The topological polar surface area (TPSA) is 59.1 Å². The van der Waals surface area contributed by atoms with Crippen LogP contribution in [-0.2, 0) is 16.3 Å². The van der Waals surface area contributed by atoms with Crippen LogP contribution in [0.3, 0.4) is 0 Å². The number of anilines is 2. The van der Waals surface area contributed by atoms with Crippen molar-refractivity contribution in [1.29, 1.82) is 0 Å². The maximum Gasteiger partial charge on any atom is 0.162 e. The quantitative estimate of drug-likeness (QED) is 0.388. The second-order valence-electron chi connectivity index (χ2n) is 12.0. The van der Waals surface area contributed by atoms with Crippen LogP contribution in [0.1, 0.15) is 58.4 Å². The molecule has 0 bridgehead atoms. The molecule has 0 unspecified atom stereocenters. The van der Waals surface area contributed by atoms with E-state index in [1.807, 2.05) is 26.8 Å². The van der Waals surface area contributed by atoms with Crippen molar-refractivity contribution in [3.63, 3.8) is 0 Å². The monoisotopic (exact) mass is 542 g/mol. The number of aryl methyl sites for hydroxylation is 1. The van der Waals surface area contributed by atoms with Crippen molar-refractivity contribution in [2.75, 3.05) is 56.0 Å². The lowest BCUT2D eigenvalue weighted by Gasteiger charge is -2.37. The van der Waals surface area contributed by atoms with Gasteiger partial charge in [-0.25, -0.2) is 8.42 Å². The molecule has 210 valence electrons. The summed E-state index contributed by atoms with van der Waals surface area (Å²) in [6.07, 6.45) is 6.72. The first kappa shape index (κ1) is 28.6. The normalized spacial score (nSPS) is 20.9. The van der Waals surface area contributed by atoms with Crippen LogP contribution in [0.25, 0.3) is 0 Å². The van der Waals surface area contributed by atoms with E-state index >= 15 is 0 Å². The Bertz CT molecular complexity index is 1140. The van der Waals surface area contributed by atoms with E-state index < -0.39 is 14.6 Å². The van der Waals surface area contributed by atoms with E-state index in [1.165, 1.54) is 23.4 Å². The Hall–Kier alpha value is -2.41. The van der Waals surface area contributed by atoms with Gasteiger partial charge in [0.1, 0.15) is 0 Å². The molecule has 6 nitrogen and oxygen atoms in total. The molecule has 1 aliphatic heterocycles. The highest BCUT2D eigenvalue weighted by atomic mass is 32.2. The molecule has 0 N–H and O–H groups in total. The van der Waals surface area contributed by atoms with Crippen molar-refractivity contribution >= 4 is 21.2 Å². The molecular formula is C31H46N2O4S. The number of hydrogen-bond acceptors (Lipinski definition) is 6. The molecule has 1 heterocycles. The van der Waals surface area contributed by atoms with Crippen LogP contribution in [0.2, 0.25) is 0 Å². The summed E-state index contributed by atoms with van der Waals surface area (Å²) in [4.78, 5) is 4.87. The Morgan fingerprint density at radius 3 is 1.84 bits per heavy atom. The number of benzene rings is 2. The second-order valence-corrected chi connectivity index (χ2v) is 14.8. The minimum absolute atomic E-state index is 0.335. The van der Waals surface area contributed by atoms with E-state index in [-0.39, 0.29) is 0 Å². The molecule has 0 amide bonds. The number of rotatable bonds is 9. The number of hydrogen-bond donors (Lipinski definition) is 0. The summed E-state index contributed by atoms with van der Waals surface area (Å²) in [5.41, 5.74) is 3.86. The Morgan fingerprint density at radius 1 is 0.763 bits per heavy atom. The summed E-state index contributed by atoms with van der Waals surface area (Å²) in [5, 5.41) is 0. The van der Waals surface area contributed by atoms with Crippen LogP contribution < -0.4 is 19.3 Å². The molecule has 7 heteroatoms. The Balaban J connectivity index is 1.21. The van der Waals surface area contributed by atoms with E-state index in [4.69, 9.17) is 9.47 Å². The van der Waals surface area contributed by atoms with Crippen LogP contribution in [-0.4, -0.2) is 59.3 Å². The molecule has 2 fully saturated rings. The zero-order valence-electron chi connectivity index (χ0n) is 23.9. The summed E-state index contributed by atoms with van der Waals surface area (Å²) < 4.78 is 35.3. The average Bonchev–Trinajstić information content (AvgIpc) is 2.92. The summed E-state index contributed by atoms with van der Waals surface area (Å²) >= 11 is 0. The molecule has 1 aliphatic carbocycles. The van der Waals surface area contributed by atoms with Gasteiger partial charge < -0.3 is 19.3 Å². The molecule has 2 aliphatic rings. The standard InChI is InChI=1S/C31H46N2O4S/c1-31(2,3)38(34,35)23-26-10-8-24(9-11-26)6-7-25-12-14-27(15-13-25)32-18-20-33(21-19-32)28-16-17-29(36-4)30(22-28)37-5/h12-17,22,24,26H,6-11,18-21,23H2,1-5H3. The van der Waals surface area contributed by atoms with E-state index in [0.29, 0.717) is 17.6 Å². The van der Waals surface area contributed by atoms with Gasteiger partial charge >= 0.3 is 0 Å². The fourth-order valence-electron chi connectivity index (χ4n) is 5.74. The first-order valence-corrected chi connectivity index (χ1v) is 15.8. The third kappa shape index (κ3) is 6.96. The smallest absolute Gasteiger partial charge is 0.162 e. The molecule has 2 aromatic carbocycles. The Kier molecular flexibility index (Phi) is 9.17. The van der Waals surface area contributed by atoms with Crippen LogP contribution >= 0.6 is 0 Å². The molecule has 0 atom stereocenters. The molecule has 1 saturated heterocycles. The predicted molar refractivity (Wildman–Crippen MR) is 158 cm³/mol. The van der Waals surface area contributed by atoms with Crippen molar-refractivity contribution in [2.24, 2.45) is 11.8 Å². The maximum absolute atomic E-state index is 12.6. The number of ether oxygens (including phenoxy) is 2. The molecule has 0 radical (unpaired) electrons. The van der Waals surface area contributed by atoms with Crippen LogP contribution in [0.5, 0.6) is 11.5 Å². The van der Waals surface area contributed by atoms with Crippen molar-refractivity contribution in [3.8, 4) is 11.5 Å². The van der Waals surface area contributed by atoms with Gasteiger partial charge in [0.2, 0.25) is 0 Å². The first-order chi connectivity index (χ1) is 18.1. The van der Waals surface area contributed by atoms with Crippen molar-refractivity contribution in [2.45, 2.75) is 64.0 Å². The molecule has 2 aromatic rings. The summed E-state index contributed by atoms with van der Waals surface area (Å²) in [5.74, 6) is 2.93. The van der Waals surface area contributed by atoms with Gasteiger partial charge in [0.25, 0.3) is 0 Å². The SMILES string of the molecule is COc1ccc(N2CCN(c3ccc(CCC4CCC(CS(=O)(=O)C(C)(C)C)CC4)cc3)CC2)cc1OC. The van der Waals surface area contributed by atoms with Crippen LogP contribution in [0.15, 0.2) is 42.5 Å².